The molecule has 0 aliphatic rings. The summed E-state index contributed by atoms with van der Waals surface area (Å²) in [6, 6.07) is 17.1. The average molecular weight is 315 g/mol. The highest BCUT2D eigenvalue weighted by Crippen LogP contribution is 2.12. The van der Waals surface area contributed by atoms with E-state index < -0.39 is 0 Å². The van der Waals surface area contributed by atoms with Crippen LogP contribution in [0.25, 0.3) is 0 Å². The van der Waals surface area contributed by atoms with Crippen molar-refractivity contribution in [2.75, 3.05) is 0 Å². The number of rotatable bonds is 4. The van der Waals surface area contributed by atoms with Crippen LogP contribution in [0.2, 0.25) is 0 Å². The summed E-state index contributed by atoms with van der Waals surface area (Å²) in [7, 11) is 0. The van der Waals surface area contributed by atoms with Crippen molar-refractivity contribution in [3.05, 3.63) is 78.4 Å². The molecule has 0 N–H and O–H groups in total. The molecule has 0 bridgehead atoms. The molecule has 3 rings (SSSR count). The van der Waals surface area contributed by atoms with Crippen molar-refractivity contribution >= 4 is 23.1 Å². The Hall–Kier alpha value is -3.21. The molecule has 0 spiro atoms. The highest BCUT2D eigenvalue weighted by Gasteiger charge is 2.05. The third-order valence-electron chi connectivity index (χ3n) is 3.35. The Labute approximate surface area is 140 Å². The lowest BCUT2D eigenvalue weighted by Gasteiger charge is -2.04. The third-order valence-corrected chi connectivity index (χ3v) is 3.35. The quantitative estimate of drug-likeness (QED) is 0.679. The molecule has 0 atom stereocenters. The summed E-state index contributed by atoms with van der Waals surface area (Å²) in [6.07, 6.45) is 3.44. The van der Waals surface area contributed by atoms with Gasteiger partial charge < -0.3 is 0 Å². The maximum atomic E-state index is 4.65. The van der Waals surface area contributed by atoms with Gasteiger partial charge in [0, 0.05) is 12.4 Å². The van der Waals surface area contributed by atoms with E-state index in [9.17, 15) is 0 Å². The molecule has 3 heterocycles. The molecule has 0 unspecified atom stereocenters. The van der Waals surface area contributed by atoms with Gasteiger partial charge in [0.25, 0.3) is 0 Å². The summed E-state index contributed by atoms with van der Waals surface area (Å²) < 4.78 is 0. The van der Waals surface area contributed by atoms with Crippen LogP contribution >= 0.6 is 0 Å². The van der Waals surface area contributed by atoms with Crippen LogP contribution in [0.3, 0.4) is 0 Å². The molecule has 0 saturated heterocycles. The smallest absolute Gasteiger partial charge is 0.152 e. The molecule has 0 radical (unpaired) electrons. The summed E-state index contributed by atoms with van der Waals surface area (Å²) >= 11 is 0. The molecule has 0 fully saturated rings. The van der Waals surface area contributed by atoms with Gasteiger partial charge in [0.15, 0.2) is 11.6 Å². The minimum atomic E-state index is 0.668. The largest absolute Gasteiger partial charge is 0.245 e. The summed E-state index contributed by atoms with van der Waals surface area (Å²) in [5.41, 5.74) is 3.21. The molecule has 24 heavy (non-hydrogen) atoms. The second-order valence-electron chi connectivity index (χ2n) is 5.18. The highest BCUT2D eigenvalue weighted by molar-refractivity contribution is 6.02. The van der Waals surface area contributed by atoms with Crippen LogP contribution in [-0.4, -0.2) is 26.4 Å². The van der Waals surface area contributed by atoms with Crippen molar-refractivity contribution in [1.29, 1.82) is 0 Å². The number of aliphatic imine (C=N–C) groups is 2. The number of pyridine rings is 3. The van der Waals surface area contributed by atoms with E-state index in [1.165, 1.54) is 0 Å². The lowest BCUT2D eigenvalue weighted by atomic mass is 10.2. The van der Waals surface area contributed by atoms with Gasteiger partial charge in [-0.1, -0.05) is 18.2 Å². The van der Waals surface area contributed by atoms with E-state index in [0.29, 0.717) is 11.6 Å². The van der Waals surface area contributed by atoms with Gasteiger partial charge in [0.2, 0.25) is 0 Å². The standard InChI is InChI=1S/C19H17N5/c1-14(22-18-10-3-5-12-20-18)16-8-7-9-17(24-16)15(2)23-19-11-4-6-13-21-19/h3-13H,1-2H3/b22-14+,23-15+. The van der Waals surface area contributed by atoms with Crippen molar-refractivity contribution in [2.24, 2.45) is 9.98 Å². The first-order valence-electron chi connectivity index (χ1n) is 7.63. The maximum Gasteiger partial charge on any atom is 0.152 e. The van der Waals surface area contributed by atoms with Gasteiger partial charge >= 0.3 is 0 Å². The van der Waals surface area contributed by atoms with Gasteiger partial charge in [-0.25, -0.2) is 24.9 Å². The maximum absolute atomic E-state index is 4.65. The third kappa shape index (κ3) is 3.95. The van der Waals surface area contributed by atoms with E-state index in [2.05, 4.69) is 24.9 Å². The van der Waals surface area contributed by atoms with E-state index in [1.807, 2.05) is 68.4 Å². The Bertz CT molecular complexity index is 800. The predicted octanol–water partition coefficient (Wildman–Crippen LogP) is 4.15. The van der Waals surface area contributed by atoms with Crippen molar-refractivity contribution in [2.45, 2.75) is 13.8 Å². The Morgan fingerprint density at radius 1 is 0.667 bits per heavy atom. The SMILES string of the molecule is C/C(=N\c1ccccn1)c1cccc(/C(C)=N/c2ccccn2)n1. The number of hydrogen-bond donors (Lipinski definition) is 0. The van der Waals surface area contributed by atoms with Crippen LogP contribution < -0.4 is 0 Å². The zero-order chi connectivity index (χ0) is 16.8. The Balaban J connectivity index is 1.89. The second-order valence-corrected chi connectivity index (χ2v) is 5.18. The summed E-state index contributed by atoms with van der Waals surface area (Å²) in [5, 5.41) is 0. The van der Waals surface area contributed by atoms with Gasteiger partial charge in [-0.2, -0.15) is 0 Å². The van der Waals surface area contributed by atoms with Gasteiger partial charge in [0.1, 0.15) is 0 Å². The molecule has 118 valence electrons. The van der Waals surface area contributed by atoms with Crippen LogP contribution in [0.15, 0.2) is 77.0 Å². The molecule has 5 heteroatoms. The van der Waals surface area contributed by atoms with Gasteiger partial charge in [0.05, 0.1) is 22.8 Å². The first-order valence-corrected chi connectivity index (χ1v) is 7.63. The normalized spacial score (nSPS) is 12.2. The van der Waals surface area contributed by atoms with Gasteiger partial charge in [-0.15, -0.1) is 0 Å². The van der Waals surface area contributed by atoms with Crippen LogP contribution in [0.1, 0.15) is 25.2 Å². The van der Waals surface area contributed by atoms with E-state index in [4.69, 9.17) is 0 Å². The first-order chi connectivity index (χ1) is 11.7. The van der Waals surface area contributed by atoms with Crippen LogP contribution in [0.5, 0.6) is 0 Å². The monoisotopic (exact) mass is 315 g/mol. The molecule has 0 amide bonds. The number of aromatic nitrogens is 3. The fourth-order valence-corrected chi connectivity index (χ4v) is 2.14. The topological polar surface area (TPSA) is 63.4 Å². The molecule has 0 aromatic carbocycles. The van der Waals surface area contributed by atoms with Crippen LogP contribution in [0, 0.1) is 0 Å². The molecule has 3 aromatic rings. The number of hydrogen-bond acceptors (Lipinski definition) is 5. The molecule has 5 nitrogen and oxygen atoms in total. The number of nitrogens with zero attached hydrogens (tertiary/aromatic N) is 5. The summed E-state index contributed by atoms with van der Waals surface area (Å²) in [4.78, 5) is 22.1. The van der Waals surface area contributed by atoms with E-state index in [1.54, 1.807) is 12.4 Å². The van der Waals surface area contributed by atoms with Crippen LogP contribution in [-0.2, 0) is 0 Å². The lowest BCUT2D eigenvalue weighted by molar-refractivity contribution is 1.21. The minimum Gasteiger partial charge on any atom is -0.245 e. The fraction of sp³-hybridized carbons (Fsp3) is 0.105. The van der Waals surface area contributed by atoms with Gasteiger partial charge in [-0.3, -0.25) is 0 Å². The highest BCUT2D eigenvalue weighted by atomic mass is 14.9. The Kier molecular flexibility index (Phi) is 4.81. The van der Waals surface area contributed by atoms with Crippen molar-refractivity contribution in [3.63, 3.8) is 0 Å². The molecule has 3 aromatic heterocycles. The molecular formula is C19H17N5. The molecular weight excluding hydrogens is 298 g/mol. The van der Waals surface area contributed by atoms with Crippen molar-refractivity contribution < 1.29 is 0 Å². The minimum absolute atomic E-state index is 0.668. The molecule has 0 saturated carbocycles. The van der Waals surface area contributed by atoms with Gasteiger partial charge in [-0.05, 0) is 50.2 Å². The van der Waals surface area contributed by atoms with Crippen molar-refractivity contribution in [3.8, 4) is 0 Å². The average Bonchev–Trinajstić information content (AvgIpc) is 2.63. The van der Waals surface area contributed by atoms with Crippen LogP contribution in [0.4, 0.5) is 11.6 Å². The van der Waals surface area contributed by atoms with E-state index in [-0.39, 0.29) is 0 Å². The van der Waals surface area contributed by atoms with Crippen molar-refractivity contribution in [1.82, 2.24) is 15.0 Å². The zero-order valence-corrected chi connectivity index (χ0v) is 13.6. The summed E-state index contributed by atoms with van der Waals surface area (Å²) in [6.45, 7) is 3.85. The molecule has 0 aliphatic heterocycles. The first kappa shape index (κ1) is 15.7. The fourth-order valence-electron chi connectivity index (χ4n) is 2.14. The Morgan fingerprint density at radius 3 is 1.58 bits per heavy atom. The van der Waals surface area contributed by atoms with E-state index >= 15 is 0 Å². The summed E-state index contributed by atoms with van der Waals surface area (Å²) in [5.74, 6) is 1.34. The second kappa shape index (κ2) is 7.37. The Morgan fingerprint density at radius 2 is 1.17 bits per heavy atom. The zero-order valence-electron chi connectivity index (χ0n) is 13.6. The van der Waals surface area contributed by atoms with E-state index in [0.717, 1.165) is 22.8 Å². The lowest BCUT2D eigenvalue weighted by Crippen LogP contribution is -2.05. The molecule has 0 aliphatic carbocycles. The predicted molar refractivity (Wildman–Crippen MR) is 96.5 cm³/mol.